The summed E-state index contributed by atoms with van der Waals surface area (Å²) in [4.78, 5) is 17.2. The number of urea groups is 1. The minimum absolute atomic E-state index is 0.0258. The molecule has 25 heavy (non-hydrogen) atoms. The first kappa shape index (κ1) is 18.2. The Hall–Kier alpha value is -1.59. The highest BCUT2D eigenvalue weighted by Gasteiger charge is 2.28. The number of nitrogens with one attached hydrogen (secondary N) is 1. The van der Waals surface area contributed by atoms with Gasteiger partial charge in [-0.15, -0.1) is 0 Å². The van der Waals surface area contributed by atoms with Gasteiger partial charge >= 0.3 is 6.03 Å². The van der Waals surface area contributed by atoms with Gasteiger partial charge in [-0.3, -0.25) is 4.90 Å². The topological polar surface area (TPSA) is 55.8 Å². The predicted octanol–water partition coefficient (Wildman–Crippen LogP) is 2.77. The van der Waals surface area contributed by atoms with E-state index in [1.165, 1.54) is 25.7 Å². The molecule has 138 valence electrons. The first-order valence-electron chi connectivity index (χ1n) is 9.73. The van der Waals surface area contributed by atoms with Crippen LogP contribution < -0.4 is 5.32 Å². The van der Waals surface area contributed by atoms with Gasteiger partial charge in [0.2, 0.25) is 0 Å². The Morgan fingerprint density at radius 1 is 1.12 bits per heavy atom. The molecule has 3 rings (SSSR count). The number of aliphatic hydroxyl groups excluding tert-OH is 1. The average molecular weight is 345 g/mol. The Labute approximate surface area is 151 Å². The van der Waals surface area contributed by atoms with E-state index in [1.807, 2.05) is 35.2 Å². The van der Waals surface area contributed by atoms with Crippen molar-refractivity contribution in [2.45, 2.75) is 50.6 Å². The standard InChI is InChI=1S/C20H31N3O2/c24-16-6-11-19(17-7-2-1-3-8-17)21-20(25)23-14-12-22(13-15-23)18-9-4-5-10-18/h1-3,7-8,18-19,24H,4-6,9-16H2,(H,21,25). The molecule has 2 aliphatic rings. The Kier molecular flexibility index (Phi) is 6.70. The molecule has 2 N–H and O–H groups in total. The van der Waals surface area contributed by atoms with Crippen molar-refractivity contribution < 1.29 is 9.90 Å². The molecule has 2 fully saturated rings. The lowest BCUT2D eigenvalue weighted by Gasteiger charge is -2.38. The van der Waals surface area contributed by atoms with Crippen LogP contribution in [0.1, 0.15) is 50.1 Å². The van der Waals surface area contributed by atoms with Crippen molar-refractivity contribution in [2.75, 3.05) is 32.8 Å². The van der Waals surface area contributed by atoms with Gasteiger partial charge in [0, 0.05) is 38.8 Å². The van der Waals surface area contributed by atoms with E-state index >= 15 is 0 Å². The van der Waals surface area contributed by atoms with E-state index in [4.69, 9.17) is 5.11 Å². The maximum Gasteiger partial charge on any atom is 0.317 e. The van der Waals surface area contributed by atoms with Crippen molar-refractivity contribution in [3.63, 3.8) is 0 Å². The summed E-state index contributed by atoms with van der Waals surface area (Å²) in [5.41, 5.74) is 1.11. The van der Waals surface area contributed by atoms with Crippen LogP contribution in [-0.2, 0) is 0 Å². The van der Waals surface area contributed by atoms with Gasteiger partial charge in [0.1, 0.15) is 0 Å². The Morgan fingerprint density at radius 2 is 1.80 bits per heavy atom. The third-order valence-corrected chi connectivity index (χ3v) is 5.59. The number of hydrogen-bond donors (Lipinski definition) is 2. The normalized spacial score (nSPS) is 20.6. The van der Waals surface area contributed by atoms with Gasteiger partial charge in [0.05, 0.1) is 6.04 Å². The van der Waals surface area contributed by atoms with Crippen LogP contribution in [0.3, 0.4) is 0 Å². The monoisotopic (exact) mass is 345 g/mol. The molecule has 1 unspecified atom stereocenters. The van der Waals surface area contributed by atoms with Crippen molar-refractivity contribution in [3.05, 3.63) is 35.9 Å². The molecule has 1 saturated carbocycles. The molecule has 0 spiro atoms. The molecule has 1 atom stereocenters. The number of carbonyl (C=O) groups is 1. The zero-order valence-electron chi connectivity index (χ0n) is 15.1. The summed E-state index contributed by atoms with van der Waals surface area (Å²) in [6, 6.07) is 10.8. The number of amides is 2. The SMILES string of the molecule is O=C(NC(CCCO)c1ccccc1)N1CCN(C2CCCC2)CC1. The second-order valence-corrected chi connectivity index (χ2v) is 7.24. The first-order chi connectivity index (χ1) is 12.3. The number of aliphatic hydroxyl groups is 1. The lowest BCUT2D eigenvalue weighted by Crippen LogP contribution is -2.54. The lowest BCUT2D eigenvalue weighted by atomic mass is 10.0. The molecular weight excluding hydrogens is 314 g/mol. The molecule has 5 nitrogen and oxygen atoms in total. The van der Waals surface area contributed by atoms with E-state index in [1.54, 1.807) is 0 Å². The molecule has 1 aromatic carbocycles. The van der Waals surface area contributed by atoms with Gasteiger partial charge in [0.25, 0.3) is 0 Å². The Balaban J connectivity index is 1.52. The van der Waals surface area contributed by atoms with Gasteiger partial charge < -0.3 is 15.3 Å². The number of hydrogen-bond acceptors (Lipinski definition) is 3. The van der Waals surface area contributed by atoms with Crippen molar-refractivity contribution >= 4 is 6.03 Å². The predicted molar refractivity (Wildman–Crippen MR) is 99.4 cm³/mol. The summed E-state index contributed by atoms with van der Waals surface area (Å²) in [7, 11) is 0. The summed E-state index contributed by atoms with van der Waals surface area (Å²) in [5.74, 6) is 0. The smallest absolute Gasteiger partial charge is 0.317 e. The lowest BCUT2D eigenvalue weighted by molar-refractivity contribution is 0.108. The van der Waals surface area contributed by atoms with Gasteiger partial charge in [-0.1, -0.05) is 43.2 Å². The van der Waals surface area contributed by atoms with Crippen molar-refractivity contribution in [2.24, 2.45) is 0 Å². The highest BCUT2D eigenvalue weighted by Crippen LogP contribution is 2.24. The van der Waals surface area contributed by atoms with Crippen molar-refractivity contribution in [3.8, 4) is 0 Å². The summed E-state index contributed by atoms with van der Waals surface area (Å²) in [6.45, 7) is 3.75. The summed E-state index contributed by atoms with van der Waals surface area (Å²) in [5, 5.41) is 12.3. The molecule has 0 bridgehead atoms. The van der Waals surface area contributed by atoms with Gasteiger partial charge in [0.15, 0.2) is 0 Å². The number of nitrogens with zero attached hydrogens (tertiary/aromatic N) is 2. The molecule has 2 amide bonds. The molecule has 1 aromatic rings. The quantitative estimate of drug-likeness (QED) is 0.833. The molecule has 0 radical (unpaired) electrons. The highest BCUT2D eigenvalue weighted by atomic mass is 16.3. The zero-order valence-corrected chi connectivity index (χ0v) is 15.1. The summed E-state index contributed by atoms with van der Waals surface area (Å²) >= 11 is 0. The van der Waals surface area contributed by atoms with Crippen LogP contribution in [0.5, 0.6) is 0 Å². The third-order valence-electron chi connectivity index (χ3n) is 5.59. The number of piperazine rings is 1. The Morgan fingerprint density at radius 3 is 2.44 bits per heavy atom. The molecule has 1 aliphatic carbocycles. The fourth-order valence-corrected chi connectivity index (χ4v) is 4.10. The first-order valence-corrected chi connectivity index (χ1v) is 9.73. The van der Waals surface area contributed by atoms with E-state index < -0.39 is 0 Å². The minimum atomic E-state index is -0.0336. The van der Waals surface area contributed by atoms with Crippen LogP contribution in [0, 0.1) is 0 Å². The van der Waals surface area contributed by atoms with Crippen LogP contribution in [0.25, 0.3) is 0 Å². The van der Waals surface area contributed by atoms with E-state index in [-0.39, 0.29) is 18.7 Å². The maximum absolute atomic E-state index is 12.7. The summed E-state index contributed by atoms with van der Waals surface area (Å²) in [6.07, 6.45) is 6.81. The fraction of sp³-hybridized carbons (Fsp3) is 0.650. The van der Waals surface area contributed by atoms with Crippen LogP contribution in [-0.4, -0.2) is 59.8 Å². The van der Waals surface area contributed by atoms with Crippen LogP contribution in [0.2, 0.25) is 0 Å². The molecular formula is C20H31N3O2. The number of benzene rings is 1. The third kappa shape index (κ3) is 4.95. The van der Waals surface area contributed by atoms with Gasteiger partial charge in [-0.05, 0) is 31.2 Å². The fourth-order valence-electron chi connectivity index (χ4n) is 4.10. The molecule has 1 aliphatic heterocycles. The molecule has 5 heteroatoms. The minimum Gasteiger partial charge on any atom is -0.396 e. The van der Waals surface area contributed by atoms with E-state index in [9.17, 15) is 4.79 Å². The van der Waals surface area contributed by atoms with Crippen LogP contribution in [0.15, 0.2) is 30.3 Å². The zero-order chi connectivity index (χ0) is 17.5. The molecule has 0 aromatic heterocycles. The van der Waals surface area contributed by atoms with E-state index in [0.717, 1.165) is 44.2 Å². The molecule has 1 heterocycles. The van der Waals surface area contributed by atoms with Crippen LogP contribution >= 0.6 is 0 Å². The average Bonchev–Trinajstić information content (AvgIpc) is 3.20. The number of carbonyl (C=O) groups excluding carboxylic acids is 1. The number of rotatable bonds is 6. The van der Waals surface area contributed by atoms with Crippen molar-refractivity contribution in [1.29, 1.82) is 0 Å². The van der Waals surface area contributed by atoms with E-state index in [0.29, 0.717) is 6.42 Å². The van der Waals surface area contributed by atoms with Gasteiger partial charge in [-0.2, -0.15) is 0 Å². The maximum atomic E-state index is 12.7. The van der Waals surface area contributed by atoms with Crippen LogP contribution in [0.4, 0.5) is 4.79 Å². The Bertz CT molecular complexity index is 523. The second kappa shape index (κ2) is 9.20. The molecule has 1 saturated heterocycles. The van der Waals surface area contributed by atoms with E-state index in [2.05, 4.69) is 10.2 Å². The summed E-state index contributed by atoms with van der Waals surface area (Å²) < 4.78 is 0. The van der Waals surface area contributed by atoms with Crippen molar-refractivity contribution in [1.82, 2.24) is 15.1 Å². The largest absolute Gasteiger partial charge is 0.396 e. The van der Waals surface area contributed by atoms with Gasteiger partial charge in [-0.25, -0.2) is 4.79 Å². The highest BCUT2D eigenvalue weighted by molar-refractivity contribution is 5.74. The second-order valence-electron chi connectivity index (χ2n) is 7.24.